The molecule has 1 aliphatic rings. The van der Waals surface area contributed by atoms with Crippen molar-refractivity contribution in [2.75, 3.05) is 32.2 Å². The summed E-state index contributed by atoms with van der Waals surface area (Å²) in [7, 11) is 3.07. The highest BCUT2D eigenvalue weighted by atomic mass is 32.1. The van der Waals surface area contributed by atoms with E-state index >= 15 is 0 Å². The Morgan fingerprint density at radius 3 is 2.77 bits per heavy atom. The van der Waals surface area contributed by atoms with Crippen molar-refractivity contribution in [3.8, 4) is 27.4 Å². The summed E-state index contributed by atoms with van der Waals surface area (Å²) in [6.07, 6.45) is 0. The van der Waals surface area contributed by atoms with Gasteiger partial charge in [0.05, 0.1) is 25.8 Å². The van der Waals surface area contributed by atoms with E-state index in [0.29, 0.717) is 13.1 Å². The van der Waals surface area contributed by atoms with Gasteiger partial charge in [-0.2, -0.15) is 0 Å². The minimum Gasteiger partial charge on any atom is -0.487 e. The molecule has 1 aliphatic heterocycles. The summed E-state index contributed by atoms with van der Waals surface area (Å²) in [5.74, 6) is -0.538. The lowest BCUT2D eigenvalue weighted by Gasteiger charge is -2.39. The number of nitrogens with zero attached hydrogens (tertiary/aromatic N) is 1. The van der Waals surface area contributed by atoms with Crippen LogP contribution in [0.1, 0.15) is 0 Å². The van der Waals surface area contributed by atoms with E-state index in [4.69, 9.17) is 9.47 Å². The molecule has 4 aromatic rings. The van der Waals surface area contributed by atoms with E-state index in [1.54, 1.807) is 19.2 Å². The van der Waals surface area contributed by atoms with E-state index < -0.39 is 0 Å². The molecule has 0 unspecified atom stereocenters. The van der Waals surface area contributed by atoms with E-state index in [1.165, 1.54) is 24.5 Å². The number of H-pyrrole nitrogens is 1. The highest BCUT2D eigenvalue weighted by Crippen LogP contribution is 2.45. The van der Waals surface area contributed by atoms with Crippen molar-refractivity contribution < 1.29 is 18.7 Å². The van der Waals surface area contributed by atoms with Crippen LogP contribution in [-0.4, -0.2) is 38.3 Å². The Kier molecular flexibility index (Phi) is 4.90. The second kappa shape index (κ2) is 7.74. The summed E-state index contributed by atoms with van der Waals surface area (Å²) in [4.78, 5) is 17.4. The standard InChI is InChI=1S/C24H21FN2O3S/c1-29-23(28)15-12-27(13-15)17-5-3-4-14(10-17)22-21(18-8-9-31-24(18)30-2)19-11-16(25)6-7-20(19)26-22/h3-11,15,26H,12-13H2,1-2H3. The zero-order valence-corrected chi connectivity index (χ0v) is 18.0. The SMILES string of the molecule is COC(=O)C1CN(c2cccc(-c3[nH]c4ccc(F)cc4c3-c3ccsc3OC)c2)C1. The number of esters is 1. The zero-order valence-electron chi connectivity index (χ0n) is 17.1. The number of carbonyl (C=O) groups excluding carboxylic acids is 1. The minimum atomic E-state index is -0.281. The molecule has 1 N–H and O–H groups in total. The fourth-order valence-electron chi connectivity index (χ4n) is 4.16. The lowest BCUT2D eigenvalue weighted by Crippen LogP contribution is -2.50. The van der Waals surface area contributed by atoms with Gasteiger partial charge >= 0.3 is 5.97 Å². The van der Waals surface area contributed by atoms with Gasteiger partial charge < -0.3 is 19.4 Å². The Labute approximate surface area is 183 Å². The van der Waals surface area contributed by atoms with Gasteiger partial charge in [-0.05, 0) is 41.8 Å². The number of halogens is 1. The molecule has 2 aromatic heterocycles. The van der Waals surface area contributed by atoms with Crippen LogP contribution in [0.15, 0.2) is 53.9 Å². The van der Waals surface area contributed by atoms with Crippen LogP contribution in [0.5, 0.6) is 5.06 Å². The Balaban J connectivity index is 1.60. The summed E-state index contributed by atoms with van der Waals surface area (Å²) in [5, 5.41) is 3.57. The number of anilines is 1. The highest BCUT2D eigenvalue weighted by molar-refractivity contribution is 7.12. The highest BCUT2D eigenvalue weighted by Gasteiger charge is 2.33. The first kappa shape index (κ1) is 19.6. The molecule has 0 aliphatic carbocycles. The van der Waals surface area contributed by atoms with E-state index in [9.17, 15) is 9.18 Å². The van der Waals surface area contributed by atoms with Gasteiger partial charge in [0.1, 0.15) is 5.82 Å². The molecule has 1 fully saturated rings. The second-order valence-corrected chi connectivity index (χ2v) is 8.44. The first-order chi connectivity index (χ1) is 15.1. The van der Waals surface area contributed by atoms with Gasteiger partial charge in [-0.15, -0.1) is 11.3 Å². The summed E-state index contributed by atoms with van der Waals surface area (Å²) in [6.45, 7) is 1.28. The maximum absolute atomic E-state index is 14.1. The van der Waals surface area contributed by atoms with Gasteiger partial charge in [0, 0.05) is 46.4 Å². The van der Waals surface area contributed by atoms with Crippen molar-refractivity contribution >= 4 is 33.9 Å². The van der Waals surface area contributed by atoms with Crippen LogP contribution in [0.25, 0.3) is 33.3 Å². The topological polar surface area (TPSA) is 54.6 Å². The van der Waals surface area contributed by atoms with Crippen LogP contribution in [0.2, 0.25) is 0 Å². The number of rotatable bonds is 5. The number of aromatic nitrogens is 1. The number of nitrogens with one attached hydrogen (secondary N) is 1. The maximum atomic E-state index is 14.1. The molecule has 0 spiro atoms. The third-order valence-corrected chi connectivity index (χ3v) is 6.63. The average molecular weight is 437 g/mol. The number of hydrogen-bond acceptors (Lipinski definition) is 5. The molecule has 0 bridgehead atoms. The summed E-state index contributed by atoms with van der Waals surface area (Å²) >= 11 is 1.51. The van der Waals surface area contributed by atoms with Crippen LogP contribution in [-0.2, 0) is 9.53 Å². The predicted octanol–water partition coefficient (Wildman–Crippen LogP) is 5.32. The predicted molar refractivity (Wildman–Crippen MR) is 121 cm³/mol. The number of ether oxygens (including phenoxy) is 2. The van der Waals surface area contributed by atoms with Gasteiger partial charge in [0.15, 0.2) is 5.06 Å². The lowest BCUT2D eigenvalue weighted by atomic mass is 9.97. The normalized spacial score (nSPS) is 14.0. The molecule has 0 radical (unpaired) electrons. The van der Waals surface area contributed by atoms with Gasteiger partial charge in [0.25, 0.3) is 0 Å². The fraction of sp³-hybridized carbons (Fsp3) is 0.208. The first-order valence-electron chi connectivity index (χ1n) is 9.95. The molecule has 2 aromatic carbocycles. The van der Waals surface area contributed by atoms with Crippen molar-refractivity contribution in [1.82, 2.24) is 4.98 Å². The van der Waals surface area contributed by atoms with Gasteiger partial charge in [-0.1, -0.05) is 12.1 Å². The molecular formula is C24H21FN2O3S. The first-order valence-corrected chi connectivity index (χ1v) is 10.8. The molecule has 0 amide bonds. The molecule has 5 rings (SSSR count). The van der Waals surface area contributed by atoms with Crippen molar-refractivity contribution in [3.63, 3.8) is 0 Å². The number of thiophene rings is 1. The van der Waals surface area contributed by atoms with Crippen molar-refractivity contribution in [1.29, 1.82) is 0 Å². The molecule has 0 atom stereocenters. The van der Waals surface area contributed by atoms with Crippen LogP contribution in [0, 0.1) is 11.7 Å². The Morgan fingerprint density at radius 2 is 2.00 bits per heavy atom. The third kappa shape index (κ3) is 3.35. The number of hydrogen-bond donors (Lipinski definition) is 1. The monoisotopic (exact) mass is 436 g/mol. The second-order valence-electron chi connectivity index (χ2n) is 7.57. The van der Waals surface area contributed by atoms with Crippen molar-refractivity contribution in [3.05, 3.63) is 59.7 Å². The largest absolute Gasteiger partial charge is 0.487 e. The van der Waals surface area contributed by atoms with E-state index in [-0.39, 0.29) is 17.7 Å². The molecule has 5 nitrogen and oxygen atoms in total. The fourth-order valence-corrected chi connectivity index (χ4v) is 4.88. The molecule has 0 saturated carbocycles. The van der Waals surface area contributed by atoms with E-state index in [1.807, 2.05) is 29.6 Å². The molecule has 158 valence electrons. The molecule has 31 heavy (non-hydrogen) atoms. The summed E-state index contributed by atoms with van der Waals surface area (Å²) < 4.78 is 24.5. The molecule has 7 heteroatoms. The van der Waals surface area contributed by atoms with Crippen LogP contribution >= 0.6 is 11.3 Å². The number of fused-ring (bicyclic) bond motifs is 1. The lowest BCUT2D eigenvalue weighted by molar-refractivity contribution is -0.146. The molecular weight excluding hydrogens is 415 g/mol. The molecule has 1 saturated heterocycles. The van der Waals surface area contributed by atoms with Gasteiger partial charge in [0.2, 0.25) is 0 Å². The number of methoxy groups -OCH3 is 2. The van der Waals surface area contributed by atoms with Crippen molar-refractivity contribution in [2.45, 2.75) is 0 Å². The van der Waals surface area contributed by atoms with Gasteiger partial charge in [-0.25, -0.2) is 4.39 Å². The Bertz CT molecular complexity index is 1270. The Hall–Kier alpha value is -3.32. The summed E-state index contributed by atoms with van der Waals surface area (Å²) in [5.41, 5.74) is 5.63. The maximum Gasteiger partial charge on any atom is 0.312 e. The Morgan fingerprint density at radius 1 is 1.16 bits per heavy atom. The van der Waals surface area contributed by atoms with E-state index in [0.717, 1.165) is 44.0 Å². The smallest absolute Gasteiger partial charge is 0.312 e. The van der Waals surface area contributed by atoms with Crippen molar-refractivity contribution in [2.24, 2.45) is 5.92 Å². The zero-order chi connectivity index (χ0) is 21.5. The minimum absolute atomic E-state index is 0.0877. The molecule has 3 heterocycles. The number of aromatic amines is 1. The van der Waals surface area contributed by atoms with E-state index in [2.05, 4.69) is 16.0 Å². The van der Waals surface area contributed by atoms with Crippen LogP contribution in [0.3, 0.4) is 0 Å². The summed E-state index contributed by atoms with van der Waals surface area (Å²) in [6, 6.07) is 14.9. The average Bonchev–Trinajstić information content (AvgIpc) is 3.36. The number of carbonyl (C=O) groups is 1. The third-order valence-electron chi connectivity index (χ3n) is 5.76. The number of benzene rings is 2. The van der Waals surface area contributed by atoms with Crippen LogP contribution < -0.4 is 9.64 Å². The van der Waals surface area contributed by atoms with Crippen LogP contribution in [0.4, 0.5) is 10.1 Å². The quantitative estimate of drug-likeness (QED) is 0.430. The van der Waals surface area contributed by atoms with Gasteiger partial charge in [-0.3, -0.25) is 4.79 Å².